The fraction of sp³-hybridized carbons (Fsp3) is 0.312. The van der Waals surface area contributed by atoms with Crippen molar-refractivity contribution in [2.45, 2.75) is 20.8 Å². The summed E-state index contributed by atoms with van der Waals surface area (Å²) in [5.41, 5.74) is 3.13. The molecule has 0 saturated carbocycles. The lowest BCUT2D eigenvalue weighted by Crippen LogP contribution is -2.28. The summed E-state index contributed by atoms with van der Waals surface area (Å²) in [7, 11) is 0. The van der Waals surface area contributed by atoms with Crippen molar-refractivity contribution >= 4 is 5.91 Å². The smallest absolute Gasteiger partial charge is 0.287 e. The molecule has 0 radical (unpaired) electrons. The molecule has 1 aromatic carbocycles. The van der Waals surface area contributed by atoms with Crippen molar-refractivity contribution in [1.82, 2.24) is 5.32 Å². The van der Waals surface area contributed by atoms with Crippen LogP contribution in [0.25, 0.3) is 0 Å². The predicted octanol–water partition coefficient (Wildman–Crippen LogP) is 3.01. The van der Waals surface area contributed by atoms with E-state index in [1.165, 1.54) is 11.8 Å². The molecule has 1 heterocycles. The Labute approximate surface area is 118 Å². The molecule has 1 N–H and O–H groups in total. The highest BCUT2D eigenvalue weighted by Crippen LogP contribution is 2.18. The number of amides is 1. The van der Waals surface area contributed by atoms with E-state index in [0.717, 1.165) is 16.9 Å². The fourth-order valence-electron chi connectivity index (χ4n) is 1.97. The lowest BCUT2D eigenvalue weighted by Gasteiger charge is -2.10. The number of rotatable bonds is 5. The first-order valence-corrected chi connectivity index (χ1v) is 6.60. The Bertz CT molecular complexity index is 602. The van der Waals surface area contributed by atoms with Crippen molar-refractivity contribution in [3.8, 4) is 5.75 Å². The molecule has 0 aliphatic carbocycles. The zero-order chi connectivity index (χ0) is 14.5. The molecule has 1 amide bonds. The highest BCUT2D eigenvalue weighted by Gasteiger charge is 2.11. The lowest BCUT2D eigenvalue weighted by atomic mass is 10.1. The van der Waals surface area contributed by atoms with E-state index in [4.69, 9.17) is 9.15 Å². The summed E-state index contributed by atoms with van der Waals surface area (Å²) < 4.78 is 10.8. The van der Waals surface area contributed by atoms with E-state index in [-0.39, 0.29) is 5.91 Å². The van der Waals surface area contributed by atoms with E-state index in [0.29, 0.717) is 18.9 Å². The number of carbonyl (C=O) groups is 1. The first kappa shape index (κ1) is 14.2. The second-order valence-corrected chi connectivity index (χ2v) is 4.81. The van der Waals surface area contributed by atoms with Gasteiger partial charge in [0.25, 0.3) is 5.91 Å². The molecule has 2 rings (SSSR count). The quantitative estimate of drug-likeness (QED) is 0.852. The van der Waals surface area contributed by atoms with Gasteiger partial charge in [0.2, 0.25) is 0 Å². The van der Waals surface area contributed by atoms with Crippen LogP contribution < -0.4 is 10.1 Å². The average Bonchev–Trinajstić information content (AvgIpc) is 2.83. The third-order valence-electron chi connectivity index (χ3n) is 3.04. The zero-order valence-corrected chi connectivity index (χ0v) is 12.0. The number of carbonyl (C=O) groups excluding carboxylic acids is 1. The Kier molecular flexibility index (Phi) is 4.45. The van der Waals surface area contributed by atoms with Crippen LogP contribution in [0.4, 0.5) is 0 Å². The fourth-order valence-corrected chi connectivity index (χ4v) is 1.97. The number of hydrogen-bond donors (Lipinski definition) is 1. The van der Waals surface area contributed by atoms with Gasteiger partial charge in [-0.15, -0.1) is 0 Å². The molecule has 0 atom stereocenters. The molecule has 20 heavy (non-hydrogen) atoms. The van der Waals surface area contributed by atoms with Crippen molar-refractivity contribution in [1.29, 1.82) is 0 Å². The highest BCUT2D eigenvalue weighted by molar-refractivity contribution is 5.92. The molecule has 0 saturated heterocycles. The third-order valence-corrected chi connectivity index (χ3v) is 3.04. The van der Waals surface area contributed by atoms with Crippen LogP contribution in [0.1, 0.15) is 27.2 Å². The normalized spacial score (nSPS) is 10.3. The van der Waals surface area contributed by atoms with E-state index in [1.807, 2.05) is 32.9 Å². The number of aryl methyl sites for hydroxylation is 3. The maximum absolute atomic E-state index is 11.8. The summed E-state index contributed by atoms with van der Waals surface area (Å²) in [6.07, 6.45) is 1.51. The number of furan rings is 1. The average molecular weight is 273 g/mol. The second-order valence-electron chi connectivity index (χ2n) is 4.81. The monoisotopic (exact) mass is 273 g/mol. The van der Waals surface area contributed by atoms with E-state index in [2.05, 4.69) is 11.4 Å². The zero-order valence-electron chi connectivity index (χ0n) is 12.0. The van der Waals surface area contributed by atoms with Gasteiger partial charge in [0.15, 0.2) is 5.76 Å². The topological polar surface area (TPSA) is 51.5 Å². The standard InChI is InChI=1S/C16H19NO3/c1-11-4-5-14(13(3)10-11)19-9-7-17-16(18)15-12(2)6-8-20-15/h4-6,8,10H,7,9H2,1-3H3,(H,17,18). The van der Waals surface area contributed by atoms with E-state index < -0.39 is 0 Å². The summed E-state index contributed by atoms with van der Waals surface area (Å²) in [5.74, 6) is 0.993. The van der Waals surface area contributed by atoms with E-state index in [9.17, 15) is 4.79 Å². The summed E-state index contributed by atoms with van der Waals surface area (Å²) in [6, 6.07) is 7.79. The van der Waals surface area contributed by atoms with Crippen molar-refractivity contribution in [2.24, 2.45) is 0 Å². The van der Waals surface area contributed by atoms with Crippen LogP contribution in [0, 0.1) is 20.8 Å². The number of hydrogen-bond acceptors (Lipinski definition) is 3. The predicted molar refractivity (Wildman–Crippen MR) is 77.2 cm³/mol. The van der Waals surface area contributed by atoms with Gasteiger partial charge in [-0.1, -0.05) is 17.7 Å². The molecule has 1 aromatic heterocycles. The molecule has 0 spiro atoms. The Hall–Kier alpha value is -2.23. The van der Waals surface area contributed by atoms with E-state index in [1.54, 1.807) is 6.07 Å². The number of nitrogens with one attached hydrogen (secondary N) is 1. The summed E-state index contributed by atoms with van der Waals surface area (Å²) in [4.78, 5) is 11.8. The van der Waals surface area contributed by atoms with Crippen LogP contribution in [-0.2, 0) is 0 Å². The Balaban J connectivity index is 1.79. The van der Waals surface area contributed by atoms with Crippen molar-refractivity contribution in [3.05, 3.63) is 53.0 Å². The van der Waals surface area contributed by atoms with Crippen LogP contribution in [0.2, 0.25) is 0 Å². The maximum Gasteiger partial charge on any atom is 0.287 e. The summed E-state index contributed by atoms with van der Waals surface area (Å²) in [5, 5.41) is 2.77. The van der Waals surface area contributed by atoms with Gasteiger partial charge in [0, 0.05) is 5.56 Å². The molecule has 106 valence electrons. The van der Waals surface area contributed by atoms with Crippen molar-refractivity contribution in [3.63, 3.8) is 0 Å². The number of ether oxygens (including phenoxy) is 1. The van der Waals surface area contributed by atoms with E-state index >= 15 is 0 Å². The van der Waals surface area contributed by atoms with Gasteiger partial charge in [0.05, 0.1) is 12.8 Å². The van der Waals surface area contributed by atoms with Gasteiger partial charge >= 0.3 is 0 Å². The number of benzene rings is 1. The van der Waals surface area contributed by atoms with Crippen LogP contribution >= 0.6 is 0 Å². The molecule has 0 fully saturated rings. The van der Waals surface area contributed by atoms with Crippen molar-refractivity contribution < 1.29 is 13.9 Å². The molecule has 4 heteroatoms. The molecular formula is C16H19NO3. The van der Waals surface area contributed by atoms with Gasteiger partial charge in [-0.05, 0) is 38.5 Å². The van der Waals surface area contributed by atoms with Gasteiger partial charge in [0.1, 0.15) is 12.4 Å². The molecular weight excluding hydrogens is 254 g/mol. The molecule has 0 aliphatic heterocycles. The summed E-state index contributed by atoms with van der Waals surface area (Å²) in [6.45, 7) is 6.75. The SMILES string of the molecule is Cc1ccc(OCCNC(=O)c2occc2C)c(C)c1. The molecule has 0 unspecified atom stereocenters. The second kappa shape index (κ2) is 6.28. The Morgan fingerprint density at radius 3 is 2.65 bits per heavy atom. The molecule has 4 nitrogen and oxygen atoms in total. The van der Waals surface area contributed by atoms with Gasteiger partial charge in [-0.25, -0.2) is 0 Å². The maximum atomic E-state index is 11.8. The minimum atomic E-state index is -0.211. The first-order valence-electron chi connectivity index (χ1n) is 6.60. The minimum Gasteiger partial charge on any atom is -0.491 e. The largest absolute Gasteiger partial charge is 0.491 e. The van der Waals surface area contributed by atoms with Crippen LogP contribution in [-0.4, -0.2) is 19.1 Å². The molecule has 2 aromatic rings. The molecule has 0 aliphatic rings. The lowest BCUT2D eigenvalue weighted by molar-refractivity contribution is 0.0918. The van der Waals surface area contributed by atoms with Crippen molar-refractivity contribution in [2.75, 3.05) is 13.2 Å². The minimum absolute atomic E-state index is 0.211. The summed E-state index contributed by atoms with van der Waals surface area (Å²) >= 11 is 0. The third kappa shape index (κ3) is 3.41. The molecule has 0 bridgehead atoms. The van der Waals surface area contributed by atoms with Crippen LogP contribution in [0.5, 0.6) is 5.75 Å². The van der Waals surface area contributed by atoms with Gasteiger partial charge in [-0.3, -0.25) is 4.79 Å². The highest BCUT2D eigenvalue weighted by atomic mass is 16.5. The van der Waals surface area contributed by atoms with Crippen LogP contribution in [0.3, 0.4) is 0 Å². The first-order chi connectivity index (χ1) is 9.58. The van der Waals surface area contributed by atoms with Gasteiger partial charge < -0.3 is 14.5 Å². The Morgan fingerprint density at radius 2 is 2.00 bits per heavy atom. The van der Waals surface area contributed by atoms with Gasteiger partial charge in [-0.2, -0.15) is 0 Å². The Morgan fingerprint density at radius 1 is 1.20 bits per heavy atom. The van der Waals surface area contributed by atoms with Crippen LogP contribution in [0.15, 0.2) is 34.9 Å².